The van der Waals surface area contributed by atoms with Crippen LogP contribution >= 0.6 is 27.7 Å². The van der Waals surface area contributed by atoms with E-state index < -0.39 is 0 Å². The van der Waals surface area contributed by atoms with Crippen LogP contribution < -0.4 is 0 Å². The smallest absolute Gasteiger partial charge is 0.0552 e. The number of thioether (sulfide) groups is 1. The number of alkyl halides is 1. The lowest BCUT2D eigenvalue weighted by molar-refractivity contribution is 0.218. The van der Waals surface area contributed by atoms with E-state index in [2.05, 4.69) is 29.8 Å². The zero-order chi connectivity index (χ0) is 10.2. The van der Waals surface area contributed by atoms with E-state index in [-0.39, 0.29) is 0 Å². The summed E-state index contributed by atoms with van der Waals surface area (Å²) in [4.78, 5) is 0. The maximum Gasteiger partial charge on any atom is 0.0552 e. The molecule has 0 atom stereocenters. The molecule has 0 aliphatic carbocycles. The Hall–Kier alpha value is 0.790. The van der Waals surface area contributed by atoms with Crippen LogP contribution in [0, 0.1) is 5.41 Å². The van der Waals surface area contributed by atoms with Crippen LogP contribution in [-0.2, 0) is 4.74 Å². The highest BCUT2D eigenvalue weighted by molar-refractivity contribution is 9.09. The molecule has 0 fully saturated rings. The van der Waals surface area contributed by atoms with Gasteiger partial charge in [-0.3, -0.25) is 0 Å². The van der Waals surface area contributed by atoms with Crippen LogP contribution in [0.25, 0.3) is 0 Å². The summed E-state index contributed by atoms with van der Waals surface area (Å²) < 4.78 is 5.02. The number of halogens is 1. The molecule has 0 aromatic heterocycles. The Morgan fingerprint density at radius 1 is 1.31 bits per heavy atom. The van der Waals surface area contributed by atoms with E-state index in [0.717, 1.165) is 17.7 Å². The standard InChI is InChI=1S/C10H21BrOS/c1-4-10(5-2,8-11)9-13-7-6-12-3/h4-9H2,1-3H3. The largest absolute Gasteiger partial charge is 0.384 e. The van der Waals surface area contributed by atoms with Gasteiger partial charge < -0.3 is 4.74 Å². The Balaban J connectivity index is 3.68. The van der Waals surface area contributed by atoms with Crippen molar-refractivity contribution in [2.45, 2.75) is 26.7 Å². The molecule has 80 valence electrons. The first-order valence-corrected chi connectivity index (χ1v) is 7.15. The summed E-state index contributed by atoms with van der Waals surface area (Å²) in [6, 6.07) is 0. The first-order chi connectivity index (χ1) is 6.24. The van der Waals surface area contributed by atoms with Crippen molar-refractivity contribution in [2.75, 3.05) is 30.6 Å². The van der Waals surface area contributed by atoms with Gasteiger partial charge in [0.05, 0.1) is 6.61 Å². The summed E-state index contributed by atoms with van der Waals surface area (Å²) in [5.74, 6) is 2.36. The van der Waals surface area contributed by atoms with Crippen molar-refractivity contribution >= 4 is 27.7 Å². The Bertz CT molecular complexity index is 107. The third kappa shape index (κ3) is 5.28. The highest BCUT2D eigenvalue weighted by Crippen LogP contribution is 2.32. The van der Waals surface area contributed by atoms with E-state index in [9.17, 15) is 0 Å². The molecule has 0 saturated carbocycles. The first-order valence-electron chi connectivity index (χ1n) is 4.87. The maximum absolute atomic E-state index is 5.02. The predicted molar refractivity (Wildman–Crippen MR) is 66.0 cm³/mol. The maximum atomic E-state index is 5.02. The van der Waals surface area contributed by atoms with E-state index in [0.29, 0.717) is 5.41 Å². The number of ether oxygens (including phenoxy) is 1. The first kappa shape index (κ1) is 13.8. The normalized spacial score (nSPS) is 12.0. The van der Waals surface area contributed by atoms with Crippen molar-refractivity contribution in [1.29, 1.82) is 0 Å². The number of hydrogen-bond donors (Lipinski definition) is 0. The third-order valence-corrected chi connectivity index (χ3v) is 5.08. The van der Waals surface area contributed by atoms with Gasteiger partial charge >= 0.3 is 0 Å². The molecule has 0 saturated heterocycles. The molecule has 0 aromatic rings. The minimum atomic E-state index is 0.498. The van der Waals surface area contributed by atoms with Gasteiger partial charge in [-0.2, -0.15) is 11.8 Å². The summed E-state index contributed by atoms with van der Waals surface area (Å²) in [5.41, 5.74) is 0.498. The van der Waals surface area contributed by atoms with Gasteiger partial charge in [0.1, 0.15) is 0 Å². The molecule has 0 bridgehead atoms. The van der Waals surface area contributed by atoms with Crippen LogP contribution in [0.1, 0.15) is 26.7 Å². The topological polar surface area (TPSA) is 9.23 Å². The molecule has 0 aliphatic rings. The third-order valence-electron chi connectivity index (χ3n) is 2.62. The van der Waals surface area contributed by atoms with Crippen LogP contribution in [0.3, 0.4) is 0 Å². The molecule has 0 N–H and O–H groups in total. The lowest BCUT2D eigenvalue weighted by Crippen LogP contribution is -2.24. The Labute approximate surface area is 95.1 Å². The average Bonchev–Trinajstić information content (AvgIpc) is 2.20. The van der Waals surface area contributed by atoms with Gasteiger partial charge in [-0.25, -0.2) is 0 Å². The van der Waals surface area contributed by atoms with E-state index in [1.165, 1.54) is 18.6 Å². The average molecular weight is 269 g/mol. The Kier molecular flexibility index (Phi) is 8.62. The van der Waals surface area contributed by atoms with Crippen LogP contribution in [0.4, 0.5) is 0 Å². The molecule has 13 heavy (non-hydrogen) atoms. The van der Waals surface area contributed by atoms with Gasteiger partial charge in [0.2, 0.25) is 0 Å². The molecule has 0 aromatic carbocycles. The van der Waals surface area contributed by atoms with Gasteiger partial charge in [-0.15, -0.1) is 0 Å². The summed E-state index contributed by atoms with van der Waals surface area (Å²) in [7, 11) is 1.76. The molecular weight excluding hydrogens is 248 g/mol. The van der Waals surface area contributed by atoms with Crippen LogP contribution in [0.15, 0.2) is 0 Å². The van der Waals surface area contributed by atoms with Gasteiger partial charge in [0.25, 0.3) is 0 Å². The fourth-order valence-corrected chi connectivity index (χ4v) is 3.74. The number of methoxy groups -OCH3 is 1. The van der Waals surface area contributed by atoms with Crippen molar-refractivity contribution in [3.63, 3.8) is 0 Å². The highest BCUT2D eigenvalue weighted by atomic mass is 79.9. The summed E-state index contributed by atoms with van der Waals surface area (Å²) in [5, 5.41) is 1.12. The van der Waals surface area contributed by atoms with E-state index in [4.69, 9.17) is 4.74 Å². The SMILES string of the molecule is CCC(CC)(CBr)CSCCOC. The van der Waals surface area contributed by atoms with Crippen LogP contribution in [-0.4, -0.2) is 30.6 Å². The van der Waals surface area contributed by atoms with E-state index >= 15 is 0 Å². The quantitative estimate of drug-likeness (QED) is 0.492. The second-order valence-electron chi connectivity index (χ2n) is 3.39. The summed E-state index contributed by atoms with van der Waals surface area (Å²) >= 11 is 5.62. The van der Waals surface area contributed by atoms with Gasteiger partial charge in [0.15, 0.2) is 0 Å². The second kappa shape index (κ2) is 8.13. The fraction of sp³-hybridized carbons (Fsp3) is 1.00. The van der Waals surface area contributed by atoms with Gasteiger partial charge in [-0.1, -0.05) is 29.8 Å². The zero-order valence-electron chi connectivity index (χ0n) is 8.94. The fourth-order valence-electron chi connectivity index (χ4n) is 1.11. The molecule has 0 heterocycles. The van der Waals surface area contributed by atoms with E-state index in [1.54, 1.807) is 7.11 Å². The molecule has 0 spiro atoms. The molecule has 0 unspecified atom stereocenters. The molecule has 3 heteroatoms. The minimum absolute atomic E-state index is 0.498. The summed E-state index contributed by atoms with van der Waals surface area (Å²) in [6.45, 7) is 5.43. The van der Waals surface area contributed by atoms with Crippen LogP contribution in [0.2, 0.25) is 0 Å². The molecular formula is C10H21BrOS. The van der Waals surface area contributed by atoms with Crippen molar-refractivity contribution in [3.8, 4) is 0 Å². The van der Waals surface area contributed by atoms with Gasteiger partial charge in [0, 0.05) is 18.2 Å². The van der Waals surface area contributed by atoms with Crippen molar-refractivity contribution < 1.29 is 4.74 Å². The Morgan fingerprint density at radius 3 is 2.31 bits per heavy atom. The molecule has 0 rings (SSSR count). The second-order valence-corrected chi connectivity index (χ2v) is 5.05. The molecule has 1 nitrogen and oxygen atoms in total. The van der Waals surface area contributed by atoms with Gasteiger partial charge in [-0.05, 0) is 24.0 Å². The lowest BCUT2D eigenvalue weighted by atomic mass is 9.87. The monoisotopic (exact) mass is 268 g/mol. The molecule has 0 amide bonds. The predicted octanol–water partition coefficient (Wildman–Crippen LogP) is 3.57. The highest BCUT2D eigenvalue weighted by Gasteiger charge is 2.24. The van der Waals surface area contributed by atoms with Crippen molar-refractivity contribution in [3.05, 3.63) is 0 Å². The minimum Gasteiger partial charge on any atom is -0.384 e. The van der Waals surface area contributed by atoms with Crippen molar-refractivity contribution in [1.82, 2.24) is 0 Å². The number of rotatable bonds is 8. The van der Waals surface area contributed by atoms with Crippen molar-refractivity contribution in [2.24, 2.45) is 5.41 Å². The summed E-state index contributed by atoms with van der Waals surface area (Å²) in [6.07, 6.45) is 2.52. The zero-order valence-corrected chi connectivity index (χ0v) is 11.3. The molecule has 0 aliphatic heterocycles. The number of hydrogen-bond acceptors (Lipinski definition) is 2. The Morgan fingerprint density at radius 2 is 1.92 bits per heavy atom. The molecule has 0 radical (unpaired) electrons. The van der Waals surface area contributed by atoms with E-state index in [1.807, 2.05) is 11.8 Å². The van der Waals surface area contributed by atoms with Crippen LogP contribution in [0.5, 0.6) is 0 Å². The lowest BCUT2D eigenvalue weighted by Gasteiger charge is -2.28.